The zero-order chi connectivity index (χ0) is 19.1. The number of rotatable bonds is 8. The molecule has 2 aromatic carbocycles. The van der Waals surface area contributed by atoms with E-state index in [0.29, 0.717) is 36.6 Å². The Bertz CT molecular complexity index is 906. The Labute approximate surface area is 155 Å². The smallest absolute Gasteiger partial charge is 0.233 e. The molecule has 0 unspecified atom stereocenters. The zero-order valence-electron chi connectivity index (χ0n) is 14.5. The standard InChI is InChI=1S/C18H20FN7O/c19-13-4-1-3-12(9-13)11-22-17-24-16(21-7-8-27)25-18(26-17)23-15-6-2-5-14(20)10-15/h1-6,9-10,27H,7-8,11,20H2,(H3,21,22,23,24,25,26). The Kier molecular flexibility index (Phi) is 5.95. The van der Waals surface area contributed by atoms with Gasteiger partial charge in [0.2, 0.25) is 17.8 Å². The summed E-state index contributed by atoms with van der Waals surface area (Å²) in [4.78, 5) is 12.8. The van der Waals surface area contributed by atoms with E-state index in [9.17, 15) is 4.39 Å². The first-order chi connectivity index (χ1) is 13.1. The SMILES string of the molecule is Nc1cccc(Nc2nc(NCCO)nc(NCc3cccc(F)c3)n2)c1. The number of benzene rings is 2. The van der Waals surface area contributed by atoms with Crippen molar-refractivity contribution in [3.8, 4) is 0 Å². The second-order valence-electron chi connectivity index (χ2n) is 5.69. The number of aromatic nitrogens is 3. The molecule has 0 aliphatic rings. The molecule has 140 valence electrons. The number of nitrogen functional groups attached to an aromatic ring is 1. The van der Waals surface area contributed by atoms with Crippen LogP contribution < -0.4 is 21.7 Å². The van der Waals surface area contributed by atoms with Crippen LogP contribution in [-0.2, 0) is 6.54 Å². The first kappa shape index (κ1) is 18.3. The van der Waals surface area contributed by atoms with Crippen LogP contribution in [0.25, 0.3) is 0 Å². The molecular weight excluding hydrogens is 349 g/mol. The van der Waals surface area contributed by atoms with E-state index in [4.69, 9.17) is 10.8 Å². The third kappa shape index (κ3) is 5.51. The van der Waals surface area contributed by atoms with Crippen molar-refractivity contribution in [2.24, 2.45) is 0 Å². The maximum absolute atomic E-state index is 13.3. The second-order valence-corrected chi connectivity index (χ2v) is 5.69. The van der Waals surface area contributed by atoms with Gasteiger partial charge in [0.15, 0.2) is 0 Å². The molecule has 0 bridgehead atoms. The van der Waals surface area contributed by atoms with Crippen LogP contribution in [0.2, 0.25) is 0 Å². The van der Waals surface area contributed by atoms with Gasteiger partial charge in [-0.05, 0) is 35.9 Å². The summed E-state index contributed by atoms with van der Waals surface area (Å²) in [6, 6.07) is 13.4. The minimum atomic E-state index is -0.306. The summed E-state index contributed by atoms with van der Waals surface area (Å²) in [7, 11) is 0. The van der Waals surface area contributed by atoms with Gasteiger partial charge in [-0.25, -0.2) is 4.39 Å². The summed E-state index contributed by atoms with van der Waals surface area (Å²) in [5.41, 5.74) is 7.88. The van der Waals surface area contributed by atoms with E-state index in [1.54, 1.807) is 24.3 Å². The van der Waals surface area contributed by atoms with Gasteiger partial charge in [-0.15, -0.1) is 0 Å². The molecule has 27 heavy (non-hydrogen) atoms. The number of aliphatic hydroxyl groups excluding tert-OH is 1. The molecule has 0 aliphatic carbocycles. The highest BCUT2D eigenvalue weighted by Gasteiger charge is 2.07. The summed E-state index contributed by atoms with van der Waals surface area (Å²) in [5.74, 6) is 0.602. The highest BCUT2D eigenvalue weighted by Crippen LogP contribution is 2.18. The van der Waals surface area contributed by atoms with E-state index in [-0.39, 0.29) is 12.4 Å². The van der Waals surface area contributed by atoms with E-state index >= 15 is 0 Å². The Morgan fingerprint density at radius 1 is 0.926 bits per heavy atom. The van der Waals surface area contributed by atoms with Gasteiger partial charge >= 0.3 is 0 Å². The Morgan fingerprint density at radius 3 is 2.41 bits per heavy atom. The molecule has 0 aliphatic heterocycles. The lowest BCUT2D eigenvalue weighted by molar-refractivity contribution is 0.311. The number of nitrogens with two attached hydrogens (primary N) is 1. The van der Waals surface area contributed by atoms with Crippen molar-refractivity contribution in [3.63, 3.8) is 0 Å². The van der Waals surface area contributed by atoms with E-state index in [2.05, 4.69) is 30.9 Å². The second kappa shape index (κ2) is 8.77. The Balaban J connectivity index is 1.79. The minimum Gasteiger partial charge on any atom is -0.399 e. The number of hydrogen-bond acceptors (Lipinski definition) is 8. The van der Waals surface area contributed by atoms with E-state index < -0.39 is 0 Å². The Hall–Kier alpha value is -3.46. The average molecular weight is 369 g/mol. The van der Waals surface area contributed by atoms with Crippen molar-refractivity contribution in [3.05, 3.63) is 59.9 Å². The van der Waals surface area contributed by atoms with Crippen LogP contribution in [0, 0.1) is 5.82 Å². The monoisotopic (exact) mass is 369 g/mol. The molecule has 6 N–H and O–H groups in total. The van der Waals surface area contributed by atoms with Gasteiger partial charge in [0.05, 0.1) is 6.61 Å². The highest BCUT2D eigenvalue weighted by molar-refractivity contribution is 5.60. The number of nitrogens with one attached hydrogen (secondary N) is 3. The third-order valence-electron chi connectivity index (χ3n) is 3.51. The number of anilines is 5. The van der Waals surface area contributed by atoms with Crippen LogP contribution in [0.15, 0.2) is 48.5 Å². The van der Waals surface area contributed by atoms with Gasteiger partial charge in [-0.1, -0.05) is 18.2 Å². The summed E-state index contributed by atoms with van der Waals surface area (Å²) < 4.78 is 13.3. The van der Waals surface area contributed by atoms with E-state index in [0.717, 1.165) is 11.3 Å². The first-order valence-electron chi connectivity index (χ1n) is 8.34. The molecule has 0 fully saturated rings. The van der Waals surface area contributed by atoms with E-state index in [1.165, 1.54) is 12.1 Å². The van der Waals surface area contributed by atoms with Gasteiger partial charge in [0.25, 0.3) is 0 Å². The van der Waals surface area contributed by atoms with Crippen LogP contribution in [0.5, 0.6) is 0 Å². The fraction of sp³-hybridized carbons (Fsp3) is 0.167. The van der Waals surface area contributed by atoms with Crippen LogP contribution in [0.3, 0.4) is 0 Å². The summed E-state index contributed by atoms with van der Waals surface area (Å²) in [5, 5.41) is 18.0. The molecule has 0 spiro atoms. The van der Waals surface area contributed by atoms with Gasteiger partial charge in [-0.3, -0.25) is 0 Å². The lowest BCUT2D eigenvalue weighted by atomic mass is 10.2. The number of aliphatic hydroxyl groups is 1. The molecule has 0 radical (unpaired) electrons. The van der Waals surface area contributed by atoms with E-state index in [1.807, 2.05) is 12.1 Å². The normalized spacial score (nSPS) is 10.4. The fourth-order valence-electron chi connectivity index (χ4n) is 2.33. The highest BCUT2D eigenvalue weighted by atomic mass is 19.1. The molecule has 9 heteroatoms. The number of halogens is 1. The fourth-order valence-corrected chi connectivity index (χ4v) is 2.33. The molecule has 1 heterocycles. The van der Waals surface area contributed by atoms with Crippen molar-refractivity contribution < 1.29 is 9.50 Å². The summed E-state index contributed by atoms with van der Waals surface area (Å²) in [6.45, 7) is 0.583. The predicted octanol–water partition coefficient (Wildman–Crippen LogP) is 2.35. The predicted molar refractivity (Wildman–Crippen MR) is 103 cm³/mol. The number of nitrogens with zero attached hydrogens (tertiary/aromatic N) is 3. The van der Waals surface area contributed by atoms with Crippen molar-refractivity contribution in [1.82, 2.24) is 15.0 Å². The molecule has 3 aromatic rings. The van der Waals surface area contributed by atoms with Crippen LogP contribution in [-0.4, -0.2) is 33.2 Å². The van der Waals surface area contributed by atoms with Crippen molar-refractivity contribution >= 4 is 29.2 Å². The van der Waals surface area contributed by atoms with Crippen LogP contribution in [0.1, 0.15) is 5.56 Å². The average Bonchev–Trinajstić information content (AvgIpc) is 2.65. The maximum Gasteiger partial charge on any atom is 0.233 e. The van der Waals surface area contributed by atoms with Crippen LogP contribution >= 0.6 is 0 Å². The topological polar surface area (TPSA) is 121 Å². The van der Waals surface area contributed by atoms with Gasteiger partial charge < -0.3 is 26.8 Å². The molecule has 0 atom stereocenters. The first-order valence-corrected chi connectivity index (χ1v) is 8.34. The molecule has 8 nitrogen and oxygen atoms in total. The lowest BCUT2D eigenvalue weighted by Gasteiger charge is -2.11. The molecule has 0 saturated heterocycles. The largest absolute Gasteiger partial charge is 0.399 e. The zero-order valence-corrected chi connectivity index (χ0v) is 14.5. The molecular formula is C18H20FN7O. The quantitative estimate of drug-likeness (QED) is 0.384. The molecule has 1 aromatic heterocycles. The lowest BCUT2D eigenvalue weighted by Crippen LogP contribution is -2.13. The van der Waals surface area contributed by atoms with Gasteiger partial charge in [0, 0.05) is 24.5 Å². The third-order valence-corrected chi connectivity index (χ3v) is 3.51. The van der Waals surface area contributed by atoms with Gasteiger partial charge in [0.1, 0.15) is 5.82 Å². The number of hydrogen-bond donors (Lipinski definition) is 5. The molecule has 0 amide bonds. The van der Waals surface area contributed by atoms with Crippen molar-refractivity contribution in [1.29, 1.82) is 0 Å². The summed E-state index contributed by atoms with van der Waals surface area (Å²) >= 11 is 0. The molecule has 0 saturated carbocycles. The van der Waals surface area contributed by atoms with Gasteiger partial charge in [-0.2, -0.15) is 15.0 Å². The van der Waals surface area contributed by atoms with Crippen molar-refractivity contribution in [2.45, 2.75) is 6.54 Å². The molecule has 3 rings (SSSR count). The minimum absolute atomic E-state index is 0.0598. The summed E-state index contributed by atoms with van der Waals surface area (Å²) in [6.07, 6.45) is 0. The van der Waals surface area contributed by atoms with Crippen LogP contribution in [0.4, 0.5) is 33.6 Å². The maximum atomic E-state index is 13.3. The van der Waals surface area contributed by atoms with Crippen molar-refractivity contribution in [2.75, 3.05) is 34.8 Å². The Morgan fingerprint density at radius 2 is 1.67 bits per heavy atom.